The molecule has 0 aliphatic heterocycles. The highest BCUT2D eigenvalue weighted by molar-refractivity contribution is 7.18. The number of fused-ring (bicyclic) bond motifs is 1. The maximum absolute atomic E-state index is 12.7. The molecule has 2 aromatic heterocycles. The first-order chi connectivity index (χ1) is 11.5. The molecule has 0 unspecified atom stereocenters. The SMILES string of the molecule is COC(=O)Nc1nc2c(s1)C(=O)C(=C(O)c1ccc(C)nc1)CC2. The summed E-state index contributed by atoms with van der Waals surface area (Å²) in [6.45, 7) is 1.85. The Morgan fingerprint density at radius 1 is 1.38 bits per heavy atom. The fourth-order valence-corrected chi connectivity index (χ4v) is 3.36. The van der Waals surface area contributed by atoms with Gasteiger partial charge in [0.2, 0.25) is 5.78 Å². The van der Waals surface area contributed by atoms with Crippen LogP contribution in [-0.4, -0.2) is 34.1 Å². The third-order valence-electron chi connectivity index (χ3n) is 3.65. The molecule has 0 saturated heterocycles. The summed E-state index contributed by atoms with van der Waals surface area (Å²) in [7, 11) is 1.25. The van der Waals surface area contributed by atoms with E-state index in [-0.39, 0.29) is 11.5 Å². The summed E-state index contributed by atoms with van der Waals surface area (Å²) >= 11 is 1.07. The molecular formula is C16H15N3O4S. The summed E-state index contributed by atoms with van der Waals surface area (Å²) in [5.41, 5.74) is 2.29. The molecule has 2 aromatic rings. The Bertz CT molecular complexity index is 840. The molecule has 0 aromatic carbocycles. The van der Waals surface area contributed by atoms with Crippen LogP contribution in [-0.2, 0) is 11.2 Å². The zero-order chi connectivity index (χ0) is 17.3. The first-order valence-corrected chi connectivity index (χ1v) is 8.05. The van der Waals surface area contributed by atoms with Gasteiger partial charge in [0.1, 0.15) is 10.6 Å². The molecule has 0 fully saturated rings. The smallest absolute Gasteiger partial charge is 0.413 e. The second kappa shape index (κ2) is 6.40. The van der Waals surface area contributed by atoms with E-state index in [9.17, 15) is 14.7 Å². The third-order valence-corrected chi connectivity index (χ3v) is 4.67. The molecule has 0 saturated carbocycles. The van der Waals surface area contributed by atoms with E-state index in [2.05, 4.69) is 20.0 Å². The Morgan fingerprint density at radius 2 is 2.17 bits per heavy atom. The number of hydrogen-bond acceptors (Lipinski definition) is 7. The van der Waals surface area contributed by atoms with E-state index in [4.69, 9.17) is 0 Å². The van der Waals surface area contributed by atoms with E-state index in [0.717, 1.165) is 17.0 Å². The molecule has 3 rings (SSSR count). The van der Waals surface area contributed by atoms with Gasteiger partial charge in [-0.2, -0.15) is 0 Å². The number of carbonyl (C=O) groups excluding carboxylic acids is 2. The number of hydrogen-bond donors (Lipinski definition) is 2. The van der Waals surface area contributed by atoms with E-state index in [0.29, 0.717) is 39.7 Å². The molecule has 0 atom stereocenters. The van der Waals surface area contributed by atoms with Crippen LogP contribution in [0.15, 0.2) is 23.9 Å². The van der Waals surface area contributed by atoms with Gasteiger partial charge in [-0.3, -0.25) is 15.1 Å². The average molecular weight is 345 g/mol. The van der Waals surface area contributed by atoms with Crippen molar-refractivity contribution in [2.24, 2.45) is 0 Å². The molecule has 0 bridgehead atoms. The van der Waals surface area contributed by atoms with Crippen molar-refractivity contribution in [2.75, 3.05) is 12.4 Å². The fraction of sp³-hybridized carbons (Fsp3) is 0.250. The highest BCUT2D eigenvalue weighted by Gasteiger charge is 2.29. The molecular weight excluding hydrogens is 330 g/mol. The number of aliphatic hydroxyl groups excluding tert-OH is 1. The molecule has 8 heteroatoms. The summed E-state index contributed by atoms with van der Waals surface area (Å²) in [5.74, 6) is -0.334. The number of anilines is 1. The van der Waals surface area contributed by atoms with Crippen molar-refractivity contribution in [2.45, 2.75) is 19.8 Å². The van der Waals surface area contributed by atoms with Gasteiger partial charge in [-0.1, -0.05) is 11.3 Å². The van der Waals surface area contributed by atoms with Crippen molar-refractivity contribution >= 4 is 34.1 Å². The molecule has 1 aliphatic rings. The fourth-order valence-electron chi connectivity index (χ4n) is 2.39. The molecule has 2 N–H and O–H groups in total. The number of thiazole rings is 1. The number of aromatic nitrogens is 2. The molecule has 7 nitrogen and oxygen atoms in total. The number of amides is 1. The molecule has 0 radical (unpaired) electrons. The number of allylic oxidation sites excluding steroid dienone is 1. The highest BCUT2D eigenvalue weighted by Crippen LogP contribution is 2.34. The lowest BCUT2D eigenvalue weighted by Gasteiger charge is -2.14. The third kappa shape index (κ3) is 3.00. The molecule has 24 heavy (non-hydrogen) atoms. The summed E-state index contributed by atoms with van der Waals surface area (Å²) in [6.07, 6.45) is 1.79. The Labute approximate surface area is 142 Å². The number of aryl methyl sites for hydroxylation is 2. The predicted molar refractivity (Wildman–Crippen MR) is 89.3 cm³/mol. The van der Waals surface area contributed by atoms with Crippen LogP contribution in [0.5, 0.6) is 0 Å². The number of nitrogens with one attached hydrogen (secondary N) is 1. The minimum Gasteiger partial charge on any atom is -0.507 e. The van der Waals surface area contributed by atoms with E-state index in [1.54, 1.807) is 12.1 Å². The van der Waals surface area contributed by atoms with Crippen molar-refractivity contribution in [1.82, 2.24) is 9.97 Å². The lowest BCUT2D eigenvalue weighted by molar-refractivity contribution is 0.102. The number of methoxy groups -OCH3 is 1. The molecule has 1 aliphatic carbocycles. The lowest BCUT2D eigenvalue weighted by Crippen LogP contribution is -2.14. The van der Waals surface area contributed by atoms with Crippen LogP contribution in [0.4, 0.5) is 9.93 Å². The van der Waals surface area contributed by atoms with Crippen molar-refractivity contribution in [3.05, 3.63) is 45.7 Å². The van der Waals surface area contributed by atoms with Gasteiger partial charge in [0.25, 0.3) is 0 Å². The van der Waals surface area contributed by atoms with Gasteiger partial charge >= 0.3 is 6.09 Å². The van der Waals surface area contributed by atoms with E-state index >= 15 is 0 Å². The monoisotopic (exact) mass is 345 g/mol. The number of ketones is 1. The van der Waals surface area contributed by atoms with E-state index in [1.807, 2.05) is 6.92 Å². The first kappa shape index (κ1) is 16.1. The van der Waals surface area contributed by atoms with Gasteiger partial charge in [0, 0.05) is 23.0 Å². The standard InChI is InChI=1S/C16H15N3O4S/c1-8-3-4-9(7-17-8)12(20)10-5-6-11-14(13(10)21)24-15(18-11)19-16(22)23-2/h3-4,7,20H,5-6H2,1-2H3,(H,18,19,22). The van der Waals surface area contributed by atoms with E-state index < -0.39 is 6.09 Å². The van der Waals surface area contributed by atoms with Gasteiger partial charge in [-0.25, -0.2) is 9.78 Å². The van der Waals surface area contributed by atoms with Crippen molar-refractivity contribution in [3.8, 4) is 0 Å². The van der Waals surface area contributed by atoms with Crippen LogP contribution < -0.4 is 5.32 Å². The van der Waals surface area contributed by atoms with E-state index in [1.165, 1.54) is 13.3 Å². The molecule has 124 valence electrons. The summed E-state index contributed by atoms with van der Waals surface area (Å²) in [4.78, 5) is 32.7. The van der Waals surface area contributed by atoms with Crippen LogP contribution in [0.1, 0.15) is 33.0 Å². The quantitative estimate of drug-likeness (QED) is 0.640. The van der Waals surface area contributed by atoms with Crippen LogP contribution in [0.25, 0.3) is 5.76 Å². The summed E-state index contributed by atoms with van der Waals surface area (Å²) in [6, 6.07) is 3.50. The van der Waals surface area contributed by atoms with Gasteiger partial charge in [0.05, 0.1) is 12.8 Å². The van der Waals surface area contributed by atoms with Crippen molar-refractivity contribution in [3.63, 3.8) is 0 Å². The summed E-state index contributed by atoms with van der Waals surface area (Å²) in [5, 5.41) is 13.2. The maximum Gasteiger partial charge on any atom is 0.413 e. The first-order valence-electron chi connectivity index (χ1n) is 7.24. The van der Waals surface area contributed by atoms with Gasteiger partial charge in [-0.15, -0.1) is 0 Å². The number of nitrogens with zero attached hydrogens (tertiary/aromatic N) is 2. The normalized spacial score (nSPS) is 15.7. The van der Waals surface area contributed by atoms with Crippen LogP contribution >= 0.6 is 11.3 Å². The zero-order valence-corrected chi connectivity index (χ0v) is 13.9. The largest absolute Gasteiger partial charge is 0.507 e. The van der Waals surface area contributed by atoms with Crippen LogP contribution in [0.2, 0.25) is 0 Å². The number of ether oxygens (including phenoxy) is 1. The van der Waals surface area contributed by atoms with Gasteiger partial charge < -0.3 is 9.84 Å². The van der Waals surface area contributed by atoms with Crippen molar-refractivity contribution < 1.29 is 19.4 Å². The zero-order valence-electron chi connectivity index (χ0n) is 13.1. The van der Waals surface area contributed by atoms with Crippen LogP contribution in [0.3, 0.4) is 0 Å². The Balaban J connectivity index is 1.92. The maximum atomic E-state index is 12.7. The van der Waals surface area contributed by atoms with Gasteiger partial charge in [0.15, 0.2) is 5.13 Å². The Morgan fingerprint density at radius 3 is 2.83 bits per heavy atom. The van der Waals surface area contributed by atoms with Gasteiger partial charge in [-0.05, 0) is 31.9 Å². The second-order valence-electron chi connectivity index (χ2n) is 5.26. The lowest BCUT2D eigenvalue weighted by atomic mass is 9.93. The average Bonchev–Trinajstić information content (AvgIpc) is 2.98. The Kier molecular flexibility index (Phi) is 4.30. The number of pyridine rings is 1. The minimum atomic E-state index is -0.641. The minimum absolute atomic E-state index is 0.0611. The predicted octanol–water partition coefficient (Wildman–Crippen LogP) is 3.12. The highest BCUT2D eigenvalue weighted by atomic mass is 32.1. The Hall–Kier alpha value is -2.74. The number of rotatable bonds is 2. The topological polar surface area (TPSA) is 101 Å². The molecule has 1 amide bonds. The summed E-state index contributed by atoms with van der Waals surface area (Å²) < 4.78 is 4.52. The second-order valence-corrected chi connectivity index (χ2v) is 6.26. The molecule has 2 heterocycles. The number of Topliss-reactive ketones (excluding diaryl/α,β-unsaturated/α-hetero) is 1. The van der Waals surface area contributed by atoms with Crippen LogP contribution in [0, 0.1) is 6.92 Å². The number of carbonyl (C=O) groups is 2. The molecule has 0 spiro atoms. The number of aliphatic hydroxyl groups is 1. The van der Waals surface area contributed by atoms with Crippen molar-refractivity contribution in [1.29, 1.82) is 0 Å².